The molecule has 0 spiro atoms. The quantitative estimate of drug-likeness (QED) is 0.301. The van der Waals surface area contributed by atoms with E-state index in [4.69, 9.17) is 15.3 Å². The zero-order valence-corrected chi connectivity index (χ0v) is 19.9. The van der Waals surface area contributed by atoms with Gasteiger partial charge in [0.25, 0.3) is 0 Å². The molecule has 0 unspecified atom stereocenters. The zero-order valence-electron chi connectivity index (χ0n) is 19.9. The number of carbonyl (C=O) groups is 1. The van der Waals surface area contributed by atoms with Gasteiger partial charge in [-0.3, -0.25) is 10.5 Å². The molecule has 2 N–H and O–H groups in total. The molecule has 2 aliphatic carbocycles. The third kappa shape index (κ3) is 8.16. The summed E-state index contributed by atoms with van der Waals surface area (Å²) in [7, 11) is 1.83. The lowest BCUT2D eigenvalue weighted by Crippen LogP contribution is -2.19. The highest BCUT2D eigenvalue weighted by Gasteiger charge is 2.22. The normalized spacial score (nSPS) is 24.9. The second-order valence-corrected chi connectivity index (χ2v) is 9.28. The van der Waals surface area contributed by atoms with Crippen LogP contribution < -0.4 is 0 Å². The smallest absolute Gasteiger partial charge is 0.123 e. The molecule has 2 aliphatic rings. The standard InChI is InChI=1S/C14H18O.C14H20O.H2O2/c1-11-2-6-13(7-3-11)14-8-4-12(10-15)5-9-14;1-11-3-5-12(6-4-11)13-7-9-14(15-2)10-8-13;1-2/h2-3,6-7,10,12,14H,4-5,8-9H2,1H3;3-6,13-14H,7-10H2,1-2H3;1-2H. The molecule has 0 saturated heterocycles. The van der Waals surface area contributed by atoms with Gasteiger partial charge in [0, 0.05) is 13.0 Å². The fraction of sp³-hybridized carbons (Fsp3) is 0.536. The minimum absolute atomic E-state index is 0.326. The molecule has 2 aromatic rings. The van der Waals surface area contributed by atoms with E-state index in [-0.39, 0.29) is 0 Å². The first-order valence-electron chi connectivity index (χ1n) is 11.9. The average molecular weight is 441 g/mol. The second-order valence-electron chi connectivity index (χ2n) is 9.28. The molecule has 0 amide bonds. The first kappa shape index (κ1) is 26.2. The Balaban J connectivity index is 0.000000211. The van der Waals surface area contributed by atoms with Crippen molar-refractivity contribution in [2.75, 3.05) is 7.11 Å². The van der Waals surface area contributed by atoms with E-state index in [1.165, 1.54) is 60.8 Å². The molecule has 0 aliphatic heterocycles. The summed E-state index contributed by atoms with van der Waals surface area (Å²) >= 11 is 0. The SMILES string of the molecule is COC1CCC(c2ccc(C)cc2)CC1.Cc1ccc(C2CCC(C=O)CC2)cc1.OO. The molecule has 0 atom stereocenters. The molecule has 32 heavy (non-hydrogen) atoms. The van der Waals surface area contributed by atoms with Gasteiger partial charge in [-0.1, -0.05) is 59.7 Å². The van der Waals surface area contributed by atoms with Crippen LogP contribution in [0.5, 0.6) is 0 Å². The number of aldehydes is 1. The van der Waals surface area contributed by atoms with Crippen LogP contribution in [0.1, 0.15) is 85.5 Å². The predicted octanol–water partition coefficient (Wildman–Crippen LogP) is 7.15. The van der Waals surface area contributed by atoms with Crippen LogP contribution in [-0.2, 0) is 9.53 Å². The Morgan fingerprint density at radius 1 is 0.688 bits per heavy atom. The Morgan fingerprint density at radius 2 is 1.06 bits per heavy atom. The number of aryl methyl sites for hydroxylation is 2. The first-order chi connectivity index (χ1) is 15.6. The van der Waals surface area contributed by atoms with E-state index in [0.29, 0.717) is 17.9 Å². The molecule has 2 saturated carbocycles. The van der Waals surface area contributed by atoms with Crippen molar-refractivity contribution in [1.29, 1.82) is 0 Å². The Bertz CT molecular complexity index is 753. The molecule has 4 heteroatoms. The lowest BCUT2D eigenvalue weighted by atomic mass is 9.79. The topological polar surface area (TPSA) is 66.8 Å². The summed E-state index contributed by atoms with van der Waals surface area (Å²) in [6.07, 6.45) is 11.1. The van der Waals surface area contributed by atoms with E-state index < -0.39 is 0 Å². The average Bonchev–Trinajstić information content (AvgIpc) is 2.87. The van der Waals surface area contributed by atoms with Crippen molar-refractivity contribution in [3.05, 3.63) is 70.8 Å². The Kier molecular flexibility index (Phi) is 11.6. The first-order valence-corrected chi connectivity index (χ1v) is 11.9. The van der Waals surface area contributed by atoms with Crippen LogP contribution in [0.3, 0.4) is 0 Å². The molecule has 4 rings (SSSR count). The largest absolute Gasteiger partial charge is 0.381 e. The van der Waals surface area contributed by atoms with E-state index in [1.807, 2.05) is 7.11 Å². The summed E-state index contributed by atoms with van der Waals surface area (Å²) in [6.45, 7) is 4.26. The highest BCUT2D eigenvalue weighted by molar-refractivity contribution is 5.53. The fourth-order valence-corrected chi connectivity index (χ4v) is 4.90. The van der Waals surface area contributed by atoms with Gasteiger partial charge in [-0.15, -0.1) is 0 Å². The second kappa shape index (κ2) is 14.2. The summed E-state index contributed by atoms with van der Waals surface area (Å²) in [5.74, 6) is 1.77. The van der Waals surface area contributed by atoms with Crippen molar-refractivity contribution in [2.24, 2.45) is 5.92 Å². The molecular weight excluding hydrogens is 400 g/mol. The molecule has 4 nitrogen and oxygen atoms in total. The van der Waals surface area contributed by atoms with Crippen molar-refractivity contribution in [3.8, 4) is 0 Å². The summed E-state index contributed by atoms with van der Waals surface area (Å²) in [6, 6.07) is 17.8. The molecule has 2 aromatic carbocycles. The predicted molar refractivity (Wildman–Crippen MR) is 130 cm³/mol. The van der Waals surface area contributed by atoms with Crippen molar-refractivity contribution < 1.29 is 20.0 Å². The lowest BCUT2D eigenvalue weighted by molar-refractivity contribution is -0.176. The van der Waals surface area contributed by atoms with Gasteiger partial charge in [0.15, 0.2) is 0 Å². The van der Waals surface area contributed by atoms with Gasteiger partial charge in [0.1, 0.15) is 6.29 Å². The van der Waals surface area contributed by atoms with E-state index in [2.05, 4.69) is 62.4 Å². The molecule has 0 heterocycles. The number of rotatable bonds is 4. The highest BCUT2D eigenvalue weighted by atomic mass is 17.0. The minimum atomic E-state index is 0.326. The van der Waals surface area contributed by atoms with Gasteiger partial charge in [-0.25, -0.2) is 0 Å². The lowest BCUT2D eigenvalue weighted by Gasteiger charge is -2.27. The summed E-state index contributed by atoms with van der Waals surface area (Å²) < 4.78 is 5.39. The van der Waals surface area contributed by atoms with Gasteiger partial charge in [-0.2, -0.15) is 0 Å². The van der Waals surface area contributed by atoms with E-state index in [9.17, 15) is 4.79 Å². The molecular formula is C28H40O4. The van der Waals surface area contributed by atoms with Crippen LogP contribution in [0, 0.1) is 19.8 Å². The Morgan fingerprint density at radius 3 is 1.41 bits per heavy atom. The number of ether oxygens (including phenoxy) is 1. The van der Waals surface area contributed by atoms with Crippen LogP contribution >= 0.6 is 0 Å². The van der Waals surface area contributed by atoms with Gasteiger partial charge >= 0.3 is 0 Å². The number of methoxy groups -OCH3 is 1. The number of carbonyl (C=O) groups excluding carboxylic acids is 1. The third-order valence-electron chi connectivity index (χ3n) is 7.07. The van der Waals surface area contributed by atoms with Gasteiger partial charge in [-0.05, 0) is 88.2 Å². The maximum absolute atomic E-state index is 10.6. The minimum Gasteiger partial charge on any atom is -0.381 e. The van der Waals surface area contributed by atoms with Crippen molar-refractivity contribution in [2.45, 2.75) is 83.2 Å². The van der Waals surface area contributed by atoms with Crippen LogP contribution in [0.4, 0.5) is 0 Å². The van der Waals surface area contributed by atoms with Crippen molar-refractivity contribution in [3.63, 3.8) is 0 Å². The maximum atomic E-state index is 10.6. The molecule has 0 radical (unpaired) electrons. The van der Waals surface area contributed by atoms with Crippen LogP contribution in [-0.4, -0.2) is 30.0 Å². The molecule has 0 aromatic heterocycles. The molecule has 176 valence electrons. The molecule has 0 bridgehead atoms. The van der Waals surface area contributed by atoms with E-state index in [1.54, 1.807) is 0 Å². The monoisotopic (exact) mass is 440 g/mol. The summed E-state index contributed by atoms with van der Waals surface area (Å²) in [5, 5.41) is 12.0. The van der Waals surface area contributed by atoms with Crippen molar-refractivity contribution >= 4 is 6.29 Å². The van der Waals surface area contributed by atoms with Crippen LogP contribution in [0.15, 0.2) is 48.5 Å². The highest BCUT2D eigenvalue weighted by Crippen LogP contribution is 2.35. The summed E-state index contributed by atoms with van der Waals surface area (Å²) in [4.78, 5) is 10.6. The van der Waals surface area contributed by atoms with Crippen molar-refractivity contribution in [1.82, 2.24) is 0 Å². The maximum Gasteiger partial charge on any atom is 0.123 e. The number of benzene rings is 2. The fourth-order valence-electron chi connectivity index (χ4n) is 4.90. The number of hydrogen-bond donors (Lipinski definition) is 2. The van der Waals surface area contributed by atoms with Crippen LogP contribution in [0.2, 0.25) is 0 Å². The van der Waals surface area contributed by atoms with E-state index in [0.717, 1.165) is 25.0 Å². The van der Waals surface area contributed by atoms with Gasteiger partial charge in [0.05, 0.1) is 6.10 Å². The molecule has 2 fully saturated rings. The van der Waals surface area contributed by atoms with Crippen LogP contribution in [0.25, 0.3) is 0 Å². The van der Waals surface area contributed by atoms with Gasteiger partial charge < -0.3 is 9.53 Å². The summed E-state index contributed by atoms with van der Waals surface area (Å²) in [5.41, 5.74) is 5.63. The van der Waals surface area contributed by atoms with E-state index >= 15 is 0 Å². The number of hydrogen-bond acceptors (Lipinski definition) is 4. The Hall–Kier alpha value is -2.01. The Labute approximate surface area is 193 Å². The van der Waals surface area contributed by atoms with Gasteiger partial charge in [0.2, 0.25) is 0 Å². The zero-order chi connectivity index (χ0) is 23.3. The third-order valence-corrected chi connectivity index (χ3v) is 7.07.